The molecule has 4 nitrogen and oxygen atoms in total. The molecule has 1 amide bonds. The number of rotatable bonds is 5. The second-order valence-corrected chi connectivity index (χ2v) is 6.92. The zero-order valence-electron chi connectivity index (χ0n) is 13.1. The fraction of sp³-hybridized carbons (Fsp3) is 0.588. The van der Waals surface area contributed by atoms with E-state index in [9.17, 15) is 4.79 Å². The quantitative estimate of drug-likeness (QED) is 0.850. The average Bonchev–Trinajstić information content (AvgIpc) is 3.34. The van der Waals surface area contributed by atoms with Crippen LogP contribution in [0.1, 0.15) is 31.2 Å². The van der Waals surface area contributed by atoms with Crippen molar-refractivity contribution in [1.29, 1.82) is 0 Å². The third kappa shape index (κ3) is 4.38. The molecule has 0 spiro atoms. The first kappa shape index (κ1) is 18.5. The van der Waals surface area contributed by atoms with Crippen molar-refractivity contribution in [2.45, 2.75) is 37.1 Å². The zero-order chi connectivity index (χ0) is 15.6. The van der Waals surface area contributed by atoms with Crippen LogP contribution < -0.4 is 11.1 Å². The van der Waals surface area contributed by atoms with Gasteiger partial charge >= 0.3 is 0 Å². The van der Waals surface area contributed by atoms with Crippen LogP contribution in [-0.4, -0.2) is 31.7 Å². The summed E-state index contributed by atoms with van der Waals surface area (Å²) in [6, 6.07) is 7.50. The zero-order valence-corrected chi connectivity index (χ0v) is 14.7. The maximum absolute atomic E-state index is 12.3. The van der Waals surface area contributed by atoms with E-state index < -0.39 is 6.04 Å². The first-order valence-electron chi connectivity index (χ1n) is 7.98. The molecule has 1 saturated heterocycles. The molecule has 0 radical (unpaired) electrons. The third-order valence-corrected chi connectivity index (χ3v) is 5.24. The van der Waals surface area contributed by atoms with Gasteiger partial charge in [-0.05, 0) is 49.3 Å². The Morgan fingerprint density at radius 1 is 1.30 bits per heavy atom. The van der Waals surface area contributed by atoms with Gasteiger partial charge in [0.25, 0.3) is 0 Å². The van der Waals surface area contributed by atoms with E-state index in [2.05, 4.69) is 17.4 Å². The van der Waals surface area contributed by atoms with Gasteiger partial charge in [0, 0.05) is 30.2 Å². The number of amides is 1. The Morgan fingerprint density at radius 3 is 2.48 bits per heavy atom. The number of nitrogens with one attached hydrogen (secondary N) is 1. The van der Waals surface area contributed by atoms with Crippen molar-refractivity contribution in [1.82, 2.24) is 5.32 Å². The Hall–Kier alpha value is -0.810. The van der Waals surface area contributed by atoms with Gasteiger partial charge in [0.2, 0.25) is 5.91 Å². The molecule has 1 aromatic rings. The van der Waals surface area contributed by atoms with Gasteiger partial charge in [-0.25, -0.2) is 0 Å². The lowest BCUT2D eigenvalue weighted by Gasteiger charge is -2.27. The minimum Gasteiger partial charge on any atom is -0.381 e. The number of carbonyl (C=O) groups excluding carboxylic acids is 1. The minimum atomic E-state index is -0.426. The second-order valence-electron chi connectivity index (χ2n) is 6.48. The molecule has 128 valence electrons. The lowest BCUT2D eigenvalue weighted by atomic mass is 9.91. The SMILES string of the molecule is Cl.NC(C(=O)NCC1(c2ccc(Cl)cc2)CC1)C1CCOCC1. The number of ether oxygens (including phenoxy) is 1. The summed E-state index contributed by atoms with van der Waals surface area (Å²) < 4.78 is 5.32. The van der Waals surface area contributed by atoms with Gasteiger partial charge in [-0.3, -0.25) is 4.79 Å². The van der Waals surface area contributed by atoms with Crippen LogP contribution >= 0.6 is 24.0 Å². The largest absolute Gasteiger partial charge is 0.381 e. The summed E-state index contributed by atoms with van der Waals surface area (Å²) in [7, 11) is 0. The van der Waals surface area contributed by atoms with E-state index in [0.29, 0.717) is 19.8 Å². The summed E-state index contributed by atoms with van der Waals surface area (Å²) in [4.78, 5) is 12.3. The molecule has 1 aliphatic heterocycles. The van der Waals surface area contributed by atoms with E-state index in [0.717, 1.165) is 30.7 Å². The van der Waals surface area contributed by atoms with E-state index in [1.54, 1.807) is 0 Å². The highest BCUT2D eigenvalue weighted by molar-refractivity contribution is 6.30. The average molecular weight is 359 g/mol. The van der Waals surface area contributed by atoms with Crippen LogP contribution in [0.4, 0.5) is 0 Å². The Bertz CT molecular complexity index is 526. The standard InChI is InChI=1S/C17H23ClN2O2.ClH/c18-14-3-1-13(2-4-14)17(7-8-17)11-20-16(21)15(19)12-5-9-22-10-6-12;/h1-4,12,15H,5-11,19H2,(H,20,21);1H. The summed E-state index contributed by atoms with van der Waals surface area (Å²) in [6.07, 6.45) is 3.94. The van der Waals surface area contributed by atoms with Gasteiger partial charge in [-0.1, -0.05) is 23.7 Å². The molecule has 3 N–H and O–H groups in total. The molecule has 6 heteroatoms. The van der Waals surface area contributed by atoms with Crippen molar-refractivity contribution in [3.05, 3.63) is 34.9 Å². The Balaban J connectivity index is 0.00000192. The van der Waals surface area contributed by atoms with Crippen LogP contribution in [0.2, 0.25) is 5.02 Å². The second kappa shape index (κ2) is 7.84. The topological polar surface area (TPSA) is 64.4 Å². The summed E-state index contributed by atoms with van der Waals surface area (Å²) in [6.45, 7) is 2.07. The summed E-state index contributed by atoms with van der Waals surface area (Å²) in [5.41, 5.74) is 7.44. The van der Waals surface area contributed by atoms with Gasteiger partial charge in [-0.15, -0.1) is 12.4 Å². The van der Waals surface area contributed by atoms with E-state index in [-0.39, 0.29) is 29.6 Å². The highest BCUT2D eigenvalue weighted by Gasteiger charge is 2.44. The third-order valence-electron chi connectivity index (χ3n) is 4.99. The molecule has 0 bridgehead atoms. The molecular formula is C17H24Cl2N2O2. The maximum Gasteiger partial charge on any atom is 0.237 e. The lowest BCUT2D eigenvalue weighted by molar-refractivity contribution is -0.124. The van der Waals surface area contributed by atoms with Crippen molar-refractivity contribution in [3.63, 3.8) is 0 Å². The number of hydrogen-bond donors (Lipinski definition) is 2. The fourth-order valence-electron chi connectivity index (χ4n) is 3.19. The molecular weight excluding hydrogens is 335 g/mol. The molecule has 1 saturated carbocycles. The van der Waals surface area contributed by atoms with E-state index in [1.807, 2.05) is 12.1 Å². The fourth-order valence-corrected chi connectivity index (χ4v) is 3.31. The lowest BCUT2D eigenvalue weighted by Crippen LogP contribution is -2.48. The number of nitrogens with two attached hydrogens (primary N) is 1. The van der Waals surface area contributed by atoms with E-state index in [1.165, 1.54) is 5.56 Å². The van der Waals surface area contributed by atoms with E-state index in [4.69, 9.17) is 22.1 Å². The summed E-state index contributed by atoms with van der Waals surface area (Å²) >= 11 is 5.94. The van der Waals surface area contributed by atoms with Crippen molar-refractivity contribution in [2.75, 3.05) is 19.8 Å². The van der Waals surface area contributed by atoms with Crippen molar-refractivity contribution in [3.8, 4) is 0 Å². The van der Waals surface area contributed by atoms with Crippen LogP contribution in [0.3, 0.4) is 0 Å². The van der Waals surface area contributed by atoms with Crippen molar-refractivity contribution in [2.24, 2.45) is 11.7 Å². The van der Waals surface area contributed by atoms with Gasteiger partial charge in [0.1, 0.15) is 0 Å². The highest BCUT2D eigenvalue weighted by atomic mass is 35.5. The molecule has 1 unspecified atom stereocenters. The van der Waals surface area contributed by atoms with Crippen LogP contribution in [0.15, 0.2) is 24.3 Å². The highest BCUT2D eigenvalue weighted by Crippen LogP contribution is 2.47. The Morgan fingerprint density at radius 2 is 1.91 bits per heavy atom. The number of hydrogen-bond acceptors (Lipinski definition) is 3. The van der Waals surface area contributed by atoms with Gasteiger partial charge in [-0.2, -0.15) is 0 Å². The van der Waals surface area contributed by atoms with Crippen LogP contribution in [-0.2, 0) is 14.9 Å². The molecule has 2 fully saturated rings. The van der Waals surface area contributed by atoms with Gasteiger partial charge < -0.3 is 15.8 Å². The Kier molecular flexibility index (Phi) is 6.32. The Labute approximate surface area is 148 Å². The number of benzene rings is 1. The molecule has 2 aliphatic rings. The molecule has 1 atom stereocenters. The van der Waals surface area contributed by atoms with Gasteiger partial charge in [0.05, 0.1) is 6.04 Å². The smallest absolute Gasteiger partial charge is 0.237 e. The molecule has 23 heavy (non-hydrogen) atoms. The first-order valence-corrected chi connectivity index (χ1v) is 8.36. The summed E-state index contributed by atoms with van der Waals surface area (Å²) in [5.74, 6) is 0.201. The predicted octanol–water partition coefficient (Wildman–Crippen LogP) is 2.66. The van der Waals surface area contributed by atoms with Crippen LogP contribution in [0.5, 0.6) is 0 Å². The normalized spacial score (nSPS) is 21.1. The summed E-state index contributed by atoms with van der Waals surface area (Å²) in [5, 5.41) is 3.80. The van der Waals surface area contributed by atoms with Crippen LogP contribution in [0.25, 0.3) is 0 Å². The molecule has 3 rings (SSSR count). The van der Waals surface area contributed by atoms with Crippen LogP contribution in [0, 0.1) is 5.92 Å². The molecule has 1 heterocycles. The predicted molar refractivity (Wildman–Crippen MR) is 94.1 cm³/mol. The molecule has 1 aliphatic carbocycles. The monoisotopic (exact) mass is 358 g/mol. The first-order chi connectivity index (χ1) is 10.6. The van der Waals surface area contributed by atoms with Crippen molar-refractivity contribution >= 4 is 29.9 Å². The number of halogens is 2. The minimum absolute atomic E-state index is 0. The van der Waals surface area contributed by atoms with E-state index >= 15 is 0 Å². The molecule has 0 aromatic heterocycles. The van der Waals surface area contributed by atoms with Gasteiger partial charge in [0.15, 0.2) is 0 Å². The molecule has 1 aromatic carbocycles. The van der Waals surface area contributed by atoms with Crippen molar-refractivity contribution < 1.29 is 9.53 Å². The number of carbonyl (C=O) groups is 1. The maximum atomic E-state index is 12.3.